The normalized spacial score (nSPS) is 34.8. The molecular weight excluding hydrogens is 1190 g/mol. The minimum atomic E-state index is -4.23. The van der Waals surface area contributed by atoms with Gasteiger partial charge in [0.1, 0.15) is 59.2 Å². The van der Waals surface area contributed by atoms with Gasteiger partial charge in [0.2, 0.25) is 5.91 Å². The molecule has 0 saturated carbocycles. The number of ether oxygens (including phenoxy) is 4. The average molecular weight is 1260 g/mol. The molecule has 32 heteroatoms. The summed E-state index contributed by atoms with van der Waals surface area (Å²) >= 11 is 0. The summed E-state index contributed by atoms with van der Waals surface area (Å²) in [6.45, 7) is 19.7. The molecule has 5 fully saturated rings. The molecule has 2 aromatic rings. The lowest BCUT2D eigenvalue weighted by molar-refractivity contribution is -0.149. The summed E-state index contributed by atoms with van der Waals surface area (Å²) in [7, 11) is -11.7. The molecule has 7 aliphatic rings. The predicted octanol–water partition coefficient (Wildman–Crippen LogP) is 4.61. The van der Waals surface area contributed by atoms with Crippen molar-refractivity contribution in [2.45, 2.75) is 161 Å². The summed E-state index contributed by atoms with van der Waals surface area (Å²) in [6.07, 6.45) is 8.89. The number of benzene rings is 1. The Morgan fingerprint density at radius 2 is 1.41 bits per heavy atom. The second-order valence-corrected chi connectivity index (χ2v) is 26.9. The van der Waals surface area contributed by atoms with Gasteiger partial charge in [-0.2, -0.15) is 5.09 Å². The molecule has 0 spiro atoms. The summed E-state index contributed by atoms with van der Waals surface area (Å²) in [5, 5.41) is 16.2. The van der Waals surface area contributed by atoms with Gasteiger partial charge in [0.25, 0.3) is 5.56 Å². The van der Waals surface area contributed by atoms with Crippen LogP contribution in [0.4, 0.5) is 4.79 Å². The fourth-order valence-corrected chi connectivity index (χ4v) is 14.5. The van der Waals surface area contributed by atoms with Crippen molar-refractivity contribution in [2.75, 3.05) is 19.8 Å². The van der Waals surface area contributed by atoms with E-state index < -0.39 is 143 Å². The Morgan fingerprint density at radius 1 is 0.837 bits per heavy atom. The first-order valence-corrected chi connectivity index (χ1v) is 31.5. The van der Waals surface area contributed by atoms with E-state index in [4.69, 9.17) is 73.7 Å². The van der Waals surface area contributed by atoms with Crippen LogP contribution in [0.2, 0.25) is 0 Å². The van der Waals surface area contributed by atoms with Crippen LogP contribution in [-0.2, 0) is 78.7 Å². The van der Waals surface area contributed by atoms with Crippen molar-refractivity contribution < 1.29 is 93.1 Å². The number of hydrogen-bond donors (Lipinski definition) is 5. The van der Waals surface area contributed by atoms with Crippen LogP contribution in [0.3, 0.4) is 0 Å². The number of allylic oxidation sites excluding steroid dienone is 2. The van der Waals surface area contributed by atoms with Crippen molar-refractivity contribution in [1.29, 1.82) is 0 Å². The second-order valence-electron chi connectivity index (χ2n) is 22.1. The molecule has 0 aliphatic carbocycles. The second kappa shape index (κ2) is 26.8. The predicted molar refractivity (Wildman–Crippen MR) is 303 cm³/mol. The SMILES string of the molecule is C#C[C@]1(C)[C@@H]2OP(=O)(OC(C)C)OC[C@H]2O[C@H]1N1C=CC(=C)NC1=O.C#C[C@]1(C)[C@H](O)[C@@H](COP(=O)(N[C@@H](C)C(=O)OC(C)C)Oc2ccccc2)O[C@H]1N1C=CC(=O)CC1=O.CC(C)OP1(=O)OC[C@H]2O[C@@H](n3ccc(=O)[nH]c3=O)[C@](C)(N)[C@@H]2O1. The molecular formula is C54H72N7O22P3. The first-order valence-electron chi connectivity index (χ1n) is 27.1. The van der Waals surface area contributed by atoms with Gasteiger partial charge < -0.3 is 39.6 Å². The van der Waals surface area contributed by atoms with E-state index in [1.165, 1.54) is 43.3 Å². The number of aliphatic hydroxyl groups is 1. The van der Waals surface area contributed by atoms with E-state index >= 15 is 0 Å². The van der Waals surface area contributed by atoms with Crippen molar-refractivity contribution >= 4 is 47.1 Å². The summed E-state index contributed by atoms with van der Waals surface area (Å²) in [6, 6.07) is 7.87. The molecule has 29 nitrogen and oxygen atoms in total. The maximum atomic E-state index is 13.7. The number of nitrogens with zero attached hydrogens (tertiary/aromatic N) is 3. The highest BCUT2D eigenvalue weighted by Gasteiger charge is 2.63. The smallest absolute Gasteiger partial charge is 0.462 e. The highest BCUT2D eigenvalue weighted by Crippen LogP contribution is 2.61. The quantitative estimate of drug-likeness (QED) is 0.0663. The largest absolute Gasteiger partial charge is 0.475 e. The van der Waals surface area contributed by atoms with Gasteiger partial charge >= 0.3 is 41.1 Å². The van der Waals surface area contributed by atoms with Crippen LogP contribution >= 0.6 is 23.4 Å². The van der Waals surface area contributed by atoms with Gasteiger partial charge in [0, 0.05) is 30.4 Å². The molecule has 0 bridgehead atoms. The van der Waals surface area contributed by atoms with E-state index in [1.54, 1.807) is 98.0 Å². The minimum absolute atomic E-state index is 0.00564. The zero-order valence-corrected chi connectivity index (χ0v) is 51.5. The third kappa shape index (κ3) is 15.1. The van der Waals surface area contributed by atoms with E-state index in [1.807, 2.05) is 0 Å². The fourth-order valence-electron chi connectivity index (χ4n) is 9.70. The Morgan fingerprint density at radius 3 is 1.97 bits per heavy atom. The van der Waals surface area contributed by atoms with Crippen molar-refractivity contribution in [1.82, 2.24) is 29.8 Å². The number of phosphoric acid groups is 2. The molecule has 8 heterocycles. The Bertz CT molecular complexity index is 3300. The number of esters is 1. The van der Waals surface area contributed by atoms with Crippen molar-refractivity contribution in [3.63, 3.8) is 0 Å². The summed E-state index contributed by atoms with van der Waals surface area (Å²) in [5.74, 6) is 3.77. The molecule has 470 valence electrons. The number of urea groups is 1. The van der Waals surface area contributed by atoms with Crippen LogP contribution < -0.4 is 31.9 Å². The number of nitrogens with one attached hydrogen (secondary N) is 3. The van der Waals surface area contributed by atoms with Crippen LogP contribution in [-0.4, -0.2) is 147 Å². The molecule has 6 N–H and O–H groups in total. The number of para-hydroxylation sites is 1. The van der Waals surface area contributed by atoms with Gasteiger partial charge in [-0.05, 0) is 93.5 Å². The first-order chi connectivity index (χ1) is 40.2. The number of terminal acetylenes is 2. The van der Waals surface area contributed by atoms with Gasteiger partial charge in [-0.1, -0.05) is 36.6 Å². The number of nitrogens with two attached hydrogens (primary N) is 1. The first kappa shape index (κ1) is 67.6. The molecule has 16 atom stereocenters. The maximum Gasteiger partial charge on any atom is 0.475 e. The minimum Gasteiger partial charge on any atom is -0.462 e. The van der Waals surface area contributed by atoms with Crippen molar-refractivity contribution in [2.24, 2.45) is 16.6 Å². The number of ketones is 1. The van der Waals surface area contributed by atoms with Crippen LogP contribution in [0.5, 0.6) is 5.75 Å². The van der Waals surface area contributed by atoms with E-state index in [2.05, 4.69) is 33.8 Å². The molecule has 1 aromatic carbocycles. The lowest BCUT2D eigenvalue weighted by Gasteiger charge is -2.38. The van der Waals surface area contributed by atoms with Gasteiger partial charge in [0.15, 0.2) is 24.5 Å². The van der Waals surface area contributed by atoms with Crippen LogP contribution in [0.25, 0.3) is 0 Å². The summed E-state index contributed by atoms with van der Waals surface area (Å²) in [5.41, 5.74) is 1.98. The molecule has 3 amide bonds. The van der Waals surface area contributed by atoms with Crippen LogP contribution in [0.15, 0.2) is 89.0 Å². The fraction of sp³-hybridized carbons (Fsp3) is 0.556. The molecule has 3 unspecified atom stereocenters. The number of carbonyl (C=O) groups is 4. The summed E-state index contributed by atoms with van der Waals surface area (Å²) in [4.78, 5) is 76.5. The molecule has 0 radical (unpaired) electrons. The van der Waals surface area contributed by atoms with E-state index in [0.717, 1.165) is 9.47 Å². The lowest BCUT2D eigenvalue weighted by atomic mass is 9.82. The van der Waals surface area contributed by atoms with Crippen molar-refractivity contribution in [3.05, 3.63) is 100 Å². The zero-order valence-electron chi connectivity index (χ0n) is 48.8. The highest BCUT2D eigenvalue weighted by atomic mass is 31.2. The standard InChI is InChI=1S/C25H31N2O9P.C16H21N2O6P.C13H20N3O7P/c1-6-25(5)22(30)20(35-24(25)27-13-12-18(28)14-21(27)29)15-33-37(32,36-19-10-8-7-9-11-19)26-17(4)23(31)34-16(2)3;1-6-16(5)13-12(9-21-25(20,24-13)23-10(2)3)22-14(16)18-8-7-11(4)17-15(18)19;1-7(2)22-24(19)20-6-8-10(23-24)13(3,14)11(21-8)16-5-4-9(17)15-12(16)18/h1,7-13,16-17,20,22,24,30H,14-15H2,2-5H3,(H,26,32);1,7-8,10,12-14H,4,9H2,2-3,5H3,(H,17,19);4-5,7-8,10-11H,6,14H2,1-3H3,(H,15,17,18)/t17-,20+,22+,24+,25+,37?;12-,13-,14-,16-,25?;8-,10-,11-,13-,24?/m011/s1. The Kier molecular flexibility index (Phi) is 21.1. The number of carbonyl (C=O) groups excluding carboxylic acids is 4. The number of aliphatic hydroxyl groups excluding tert-OH is 1. The van der Waals surface area contributed by atoms with E-state index in [0.29, 0.717) is 5.70 Å². The van der Waals surface area contributed by atoms with Crippen LogP contribution in [0.1, 0.15) is 81.9 Å². The zero-order chi connectivity index (χ0) is 63.5. The van der Waals surface area contributed by atoms with E-state index in [9.17, 15) is 47.6 Å². The Labute approximate surface area is 496 Å². The Balaban J connectivity index is 0.000000191. The number of H-pyrrole nitrogens is 1. The summed E-state index contributed by atoms with van der Waals surface area (Å²) < 4.78 is 106. The number of rotatable bonds is 16. The third-order valence-electron chi connectivity index (χ3n) is 13.9. The third-order valence-corrected chi connectivity index (χ3v) is 18.8. The topological polar surface area (TPSA) is 362 Å². The van der Waals surface area contributed by atoms with Gasteiger partial charge in [0.05, 0.1) is 50.1 Å². The number of fused-ring (bicyclic) bond motifs is 2. The van der Waals surface area contributed by atoms with E-state index in [-0.39, 0.29) is 43.4 Å². The molecule has 9 rings (SSSR count). The number of amides is 3. The van der Waals surface area contributed by atoms with Crippen molar-refractivity contribution in [3.8, 4) is 30.4 Å². The van der Waals surface area contributed by atoms with Crippen LogP contribution in [0, 0.1) is 35.5 Å². The molecule has 5 saturated heterocycles. The van der Waals surface area contributed by atoms with Gasteiger partial charge in [-0.3, -0.25) is 70.2 Å². The molecule has 7 aliphatic heterocycles. The average Bonchev–Trinajstić information content (AvgIpc) is 1.61. The van der Waals surface area contributed by atoms with Gasteiger partial charge in [-0.15, -0.1) is 12.8 Å². The number of hydrogen-bond acceptors (Lipinski definition) is 23. The molecule has 1 aromatic heterocycles. The molecule has 86 heavy (non-hydrogen) atoms. The number of aromatic nitrogens is 2. The maximum absolute atomic E-state index is 13.7. The Hall–Kier alpha value is -5.91. The van der Waals surface area contributed by atoms with Gasteiger partial charge in [-0.25, -0.2) is 23.3 Å². The lowest BCUT2D eigenvalue weighted by Crippen LogP contribution is -2.55. The number of aromatic amines is 1. The monoisotopic (exact) mass is 1260 g/mol. The number of phosphoric ester groups is 2. The highest BCUT2D eigenvalue weighted by molar-refractivity contribution is 7.52.